The maximum atomic E-state index is 10.6. The zero-order valence-corrected chi connectivity index (χ0v) is 8.22. The van der Waals surface area contributed by atoms with Crippen LogP contribution in [0.3, 0.4) is 0 Å². The van der Waals surface area contributed by atoms with E-state index in [4.69, 9.17) is 16.2 Å². The third-order valence-corrected chi connectivity index (χ3v) is 2.72. The van der Waals surface area contributed by atoms with Crippen molar-refractivity contribution < 1.29 is 13.0 Å². The minimum Gasteiger partial charge on any atom is -0.273 e. The van der Waals surface area contributed by atoms with E-state index < -0.39 is 15.8 Å². The Hall–Kier alpha value is 0.160. The maximum Gasteiger partial charge on any atom is 0.337 e. The monoisotopic (exact) mass is 201 g/mol. The molecule has 0 aliphatic heterocycles. The third-order valence-electron chi connectivity index (χ3n) is 1.13. The minimum absolute atomic E-state index is 0.336. The van der Waals surface area contributed by atoms with Crippen LogP contribution in [-0.4, -0.2) is 28.8 Å². The van der Waals surface area contributed by atoms with Gasteiger partial charge >= 0.3 is 10.3 Å². The Kier molecular flexibility index (Phi) is 3.76. The first-order chi connectivity index (χ1) is 4.76. The maximum absolute atomic E-state index is 10.6. The van der Waals surface area contributed by atoms with Gasteiger partial charge in [-0.3, -0.25) is 4.55 Å². The second-order valence-corrected chi connectivity index (χ2v) is 4.42. The van der Waals surface area contributed by atoms with Crippen LogP contribution in [0, 0.1) is 0 Å². The van der Waals surface area contributed by atoms with Crippen LogP contribution in [0.15, 0.2) is 0 Å². The average molecular weight is 202 g/mol. The van der Waals surface area contributed by atoms with Crippen LogP contribution >= 0.6 is 11.6 Å². The smallest absolute Gasteiger partial charge is 0.273 e. The lowest BCUT2D eigenvalue weighted by Gasteiger charge is -2.24. The van der Waals surface area contributed by atoms with E-state index in [0.717, 1.165) is 4.31 Å². The zero-order chi connectivity index (χ0) is 9.23. The van der Waals surface area contributed by atoms with Crippen LogP contribution in [0.25, 0.3) is 0 Å². The molecule has 11 heavy (non-hydrogen) atoms. The predicted octanol–water partition coefficient (Wildman–Crippen LogP) is 1.08. The van der Waals surface area contributed by atoms with E-state index in [1.165, 1.54) is 6.92 Å². The number of rotatable bonds is 3. The molecular formula is C5H12ClNO3S. The van der Waals surface area contributed by atoms with Gasteiger partial charge in [-0.15, -0.1) is 11.6 Å². The highest BCUT2D eigenvalue weighted by Crippen LogP contribution is 2.12. The van der Waals surface area contributed by atoms with Gasteiger partial charge < -0.3 is 0 Å². The van der Waals surface area contributed by atoms with Gasteiger partial charge in [0.15, 0.2) is 0 Å². The van der Waals surface area contributed by atoms with Gasteiger partial charge in [-0.05, 0) is 20.8 Å². The molecule has 1 unspecified atom stereocenters. The first-order valence-electron chi connectivity index (χ1n) is 3.17. The van der Waals surface area contributed by atoms with Crippen molar-refractivity contribution in [3.05, 3.63) is 0 Å². The second-order valence-electron chi connectivity index (χ2n) is 2.48. The number of hydrogen-bond donors (Lipinski definition) is 1. The van der Waals surface area contributed by atoms with Crippen LogP contribution in [0.1, 0.15) is 20.8 Å². The summed E-state index contributed by atoms with van der Waals surface area (Å²) in [5.41, 5.74) is -0.731. The lowest BCUT2D eigenvalue weighted by Crippen LogP contribution is -2.40. The van der Waals surface area contributed by atoms with Crippen LogP contribution in [0.4, 0.5) is 0 Å². The molecule has 0 aliphatic rings. The fourth-order valence-electron chi connectivity index (χ4n) is 0.861. The molecule has 68 valence electrons. The van der Waals surface area contributed by atoms with Gasteiger partial charge in [-0.1, -0.05) is 0 Å². The summed E-state index contributed by atoms with van der Waals surface area (Å²) >= 11 is 5.51. The number of alkyl halides is 1. The summed E-state index contributed by atoms with van der Waals surface area (Å²) in [6, 6.07) is -0.336. The second kappa shape index (κ2) is 3.71. The molecule has 0 aromatic carbocycles. The molecule has 0 fully saturated rings. The van der Waals surface area contributed by atoms with Crippen molar-refractivity contribution >= 4 is 21.9 Å². The van der Waals surface area contributed by atoms with Crippen molar-refractivity contribution in [2.24, 2.45) is 0 Å². The lowest BCUT2D eigenvalue weighted by molar-refractivity contribution is 0.302. The summed E-state index contributed by atoms with van der Waals surface area (Å²) in [6.07, 6.45) is 0. The Morgan fingerprint density at radius 1 is 1.36 bits per heavy atom. The summed E-state index contributed by atoms with van der Waals surface area (Å²) in [6.45, 7) is 4.74. The molecule has 4 nitrogen and oxygen atoms in total. The van der Waals surface area contributed by atoms with E-state index in [2.05, 4.69) is 0 Å². The van der Waals surface area contributed by atoms with Gasteiger partial charge in [0.1, 0.15) is 0 Å². The van der Waals surface area contributed by atoms with Crippen molar-refractivity contribution in [1.82, 2.24) is 4.31 Å². The molecule has 0 radical (unpaired) electrons. The summed E-state index contributed by atoms with van der Waals surface area (Å²) < 4.78 is 30.7. The summed E-state index contributed by atoms with van der Waals surface area (Å²) in [5, 5.41) is 0. The van der Waals surface area contributed by atoms with Crippen LogP contribution in [0.2, 0.25) is 0 Å². The molecule has 0 amide bonds. The molecule has 1 N–H and O–H groups in total. The minimum atomic E-state index is -4.16. The van der Waals surface area contributed by atoms with Crippen molar-refractivity contribution in [2.75, 3.05) is 0 Å². The highest BCUT2D eigenvalue weighted by Gasteiger charge is 2.26. The molecular weight excluding hydrogens is 190 g/mol. The van der Waals surface area contributed by atoms with Crippen molar-refractivity contribution in [3.8, 4) is 0 Å². The Labute approximate surface area is 72.0 Å². The van der Waals surface area contributed by atoms with E-state index in [1.54, 1.807) is 13.8 Å². The Morgan fingerprint density at radius 2 is 1.73 bits per heavy atom. The molecule has 0 spiro atoms. The molecule has 1 atom stereocenters. The third kappa shape index (κ3) is 3.37. The standard InChI is InChI=1S/C5H12ClNO3S/c1-4(2)7(5(3)6)11(8,9)10/h4-5H,1-3H3,(H,8,9,10). The first kappa shape index (κ1) is 11.2. The van der Waals surface area contributed by atoms with Crippen LogP contribution < -0.4 is 0 Å². The number of nitrogens with zero attached hydrogens (tertiary/aromatic N) is 1. The Balaban J connectivity index is 4.64. The molecule has 0 saturated carbocycles. The topological polar surface area (TPSA) is 57.6 Å². The largest absolute Gasteiger partial charge is 0.337 e. The highest BCUT2D eigenvalue weighted by molar-refractivity contribution is 7.83. The van der Waals surface area contributed by atoms with E-state index in [9.17, 15) is 8.42 Å². The Bertz CT molecular complexity index is 204. The molecule has 0 aromatic rings. The Morgan fingerprint density at radius 3 is 1.73 bits per heavy atom. The van der Waals surface area contributed by atoms with Gasteiger partial charge in [0.2, 0.25) is 0 Å². The highest BCUT2D eigenvalue weighted by atomic mass is 35.5. The molecule has 0 heterocycles. The van der Waals surface area contributed by atoms with E-state index in [-0.39, 0.29) is 6.04 Å². The molecule has 0 saturated heterocycles. The van der Waals surface area contributed by atoms with Crippen molar-refractivity contribution in [2.45, 2.75) is 32.3 Å². The fourth-order valence-corrected chi connectivity index (χ4v) is 2.29. The summed E-state index contributed by atoms with van der Waals surface area (Å²) in [7, 11) is -4.16. The van der Waals surface area contributed by atoms with Gasteiger partial charge in [0.25, 0.3) is 0 Å². The van der Waals surface area contributed by atoms with Crippen LogP contribution in [0.5, 0.6) is 0 Å². The number of hydrogen-bond acceptors (Lipinski definition) is 2. The summed E-state index contributed by atoms with van der Waals surface area (Å²) in [5.74, 6) is 0. The van der Waals surface area contributed by atoms with Gasteiger partial charge in [-0.25, -0.2) is 0 Å². The van der Waals surface area contributed by atoms with E-state index in [1.807, 2.05) is 0 Å². The molecule has 0 bridgehead atoms. The van der Waals surface area contributed by atoms with Gasteiger partial charge in [-0.2, -0.15) is 12.7 Å². The van der Waals surface area contributed by atoms with Gasteiger partial charge in [0.05, 0.1) is 5.50 Å². The normalized spacial score (nSPS) is 15.9. The average Bonchev–Trinajstić information content (AvgIpc) is 1.54. The number of halogens is 1. The van der Waals surface area contributed by atoms with E-state index >= 15 is 0 Å². The lowest BCUT2D eigenvalue weighted by atomic mass is 10.4. The van der Waals surface area contributed by atoms with Crippen molar-refractivity contribution in [1.29, 1.82) is 0 Å². The molecule has 0 rings (SSSR count). The van der Waals surface area contributed by atoms with E-state index in [0.29, 0.717) is 0 Å². The summed E-state index contributed by atoms with van der Waals surface area (Å²) in [4.78, 5) is 0. The molecule has 6 heteroatoms. The first-order valence-corrected chi connectivity index (χ1v) is 5.00. The van der Waals surface area contributed by atoms with Gasteiger partial charge in [0, 0.05) is 6.04 Å². The SMILES string of the molecule is CC(C)N(C(C)Cl)S(=O)(=O)O. The molecule has 0 aromatic heterocycles. The van der Waals surface area contributed by atoms with Crippen LogP contribution in [-0.2, 0) is 10.3 Å². The molecule has 0 aliphatic carbocycles. The fraction of sp³-hybridized carbons (Fsp3) is 1.00. The predicted molar refractivity (Wildman–Crippen MR) is 43.8 cm³/mol. The van der Waals surface area contributed by atoms with Crippen molar-refractivity contribution in [3.63, 3.8) is 0 Å². The quantitative estimate of drug-likeness (QED) is 0.423. The zero-order valence-electron chi connectivity index (χ0n) is 6.65.